The van der Waals surface area contributed by atoms with Gasteiger partial charge in [-0.25, -0.2) is 9.37 Å². The predicted octanol–water partition coefficient (Wildman–Crippen LogP) is 2.91. The number of hydrogen-bond acceptors (Lipinski definition) is 5. The van der Waals surface area contributed by atoms with Crippen LogP contribution in [0.4, 0.5) is 4.39 Å². The van der Waals surface area contributed by atoms with Crippen LogP contribution in [0.15, 0.2) is 29.1 Å². The third kappa shape index (κ3) is 3.65. The summed E-state index contributed by atoms with van der Waals surface area (Å²) in [5.41, 5.74) is 2.78. The van der Waals surface area contributed by atoms with Gasteiger partial charge in [-0.2, -0.15) is 5.10 Å². The van der Waals surface area contributed by atoms with Crippen molar-refractivity contribution in [3.8, 4) is 0 Å². The first-order valence-electron chi connectivity index (χ1n) is 10.6. The van der Waals surface area contributed by atoms with Crippen LogP contribution in [-0.2, 0) is 11.3 Å². The van der Waals surface area contributed by atoms with E-state index in [0.29, 0.717) is 23.5 Å². The number of aromatic amines is 2. The molecule has 2 fully saturated rings. The van der Waals surface area contributed by atoms with E-state index in [1.165, 1.54) is 6.07 Å². The second-order valence-corrected chi connectivity index (χ2v) is 8.58. The molecule has 2 aliphatic heterocycles. The molecule has 7 nitrogen and oxygen atoms in total. The lowest BCUT2D eigenvalue weighted by atomic mass is 9.95. The van der Waals surface area contributed by atoms with Crippen LogP contribution in [0.1, 0.15) is 48.7 Å². The highest BCUT2D eigenvalue weighted by molar-refractivity contribution is 5.76. The molecule has 158 valence electrons. The van der Waals surface area contributed by atoms with Crippen molar-refractivity contribution < 1.29 is 9.13 Å². The molecule has 3 aromatic rings. The second kappa shape index (κ2) is 7.92. The fourth-order valence-electron chi connectivity index (χ4n) is 4.84. The van der Waals surface area contributed by atoms with Crippen LogP contribution in [0.5, 0.6) is 0 Å². The van der Waals surface area contributed by atoms with Crippen LogP contribution < -0.4 is 5.56 Å². The maximum Gasteiger partial charge on any atom is 0.279 e. The van der Waals surface area contributed by atoms with Gasteiger partial charge in [-0.05, 0) is 36.5 Å². The first kappa shape index (κ1) is 19.4. The molecule has 2 atom stereocenters. The van der Waals surface area contributed by atoms with Crippen LogP contribution in [-0.4, -0.2) is 51.4 Å². The van der Waals surface area contributed by atoms with Crippen molar-refractivity contribution in [3.63, 3.8) is 0 Å². The molecule has 2 N–H and O–H groups in total. The minimum Gasteiger partial charge on any atom is -0.381 e. The number of nitrogens with one attached hydrogen (secondary N) is 2. The molecule has 2 aliphatic rings. The van der Waals surface area contributed by atoms with Crippen molar-refractivity contribution in [1.82, 2.24) is 25.1 Å². The van der Waals surface area contributed by atoms with E-state index in [0.717, 1.165) is 56.2 Å². The topological polar surface area (TPSA) is 86.9 Å². The summed E-state index contributed by atoms with van der Waals surface area (Å²) in [6.45, 7) is 5.95. The monoisotopic (exact) mass is 411 g/mol. The molecule has 1 aromatic carbocycles. The number of nitrogens with zero attached hydrogens (tertiary/aromatic N) is 3. The molecular weight excluding hydrogens is 385 g/mol. The van der Waals surface area contributed by atoms with Crippen LogP contribution in [0.3, 0.4) is 0 Å². The number of benzene rings is 1. The highest BCUT2D eigenvalue weighted by Crippen LogP contribution is 2.33. The zero-order valence-electron chi connectivity index (χ0n) is 17.0. The van der Waals surface area contributed by atoms with Gasteiger partial charge < -0.3 is 9.72 Å². The quantitative estimate of drug-likeness (QED) is 0.689. The molecule has 5 rings (SSSR count). The molecule has 0 bridgehead atoms. The van der Waals surface area contributed by atoms with E-state index in [2.05, 4.69) is 27.0 Å². The highest BCUT2D eigenvalue weighted by Gasteiger charge is 2.33. The van der Waals surface area contributed by atoms with Crippen LogP contribution in [0, 0.1) is 11.7 Å². The molecule has 2 aromatic heterocycles. The molecule has 0 amide bonds. The smallest absolute Gasteiger partial charge is 0.279 e. The minimum atomic E-state index is -0.214. The van der Waals surface area contributed by atoms with Gasteiger partial charge in [0.2, 0.25) is 0 Å². The number of fused-ring (bicyclic) bond motifs is 1. The lowest BCUT2D eigenvalue weighted by molar-refractivity contribution is 0.0847. The Morgan fingerprint density at radius 3 is 2.87 bits per heavy atom. The predicted molar refractivity (Wildman–Crippen MR) is 111 cm³/mol. The normalized spacial score (nSPS) is 23.4. The van der Waals surface area contributed by atoms with E-state index < -0.39 is 0 Å². The molecule has 2 unspecified atom stereocenters. The summed E-state index contributed by atoms with van der Waals surface area (Å²) in [6.07, 6.45) is 1.81. The van der Waals surface area contributed by atoms with Gasteiger partial charge in [0.25, 0.3) is 5.56 Å². The van der Waals surface area contributed by atoms with Gasteiger partial charge in [0.1, 0.15) is 17.2 Å². The molecule has 4 heterocycles. The summed E-state index contributed by atoms with van der Waals surface area (Å²) in [5, 5.41) is 7.31. The Morgan fingerprint density at radius 1 is 1.23 bits per heavy atom. The van der Waals surface area contributed by atoms with Gasteiger partial charge in [-0.3, -0.25) is 14.8 Å². The number of likely N-dealkylation sites (tertiary alicyclic amines) is 1. The first-order valence-corrected chi connectivity index (χ1v) is 10.6. The lowest BCUT2D eigenvalue weighted by Gasteiger charge is -2.21. The van der Waals surface area contributed by atoms with Crippen molar-refractivity contribution in [2.45, 2.75) is 38.1 Å². The van der Waals surface area contributed by atoms with Crippen molar-refractivity contribution in [2.75, 3.05) is 26.3 Å². The molecule has 30 heavy (non-hydrogen) atoms. The molecule has 8 heteroatoms. The van der Waals surface area contributed by atoms with E-state index in [4.69, 9.17) is 9.72 Å². The number of halogens is 1. The van der Waals surface area contributed by atoms with Gasteiger partial charge in [0, 0.05) is 44.7 Å². The Morgan fingerprint density at radius 2 is 2.07 bits per heavy atom. The molecule has 0 radical (unpaired) electrons. The standard InChI is InChI=1S/C22H26FN5O2/c1-13-10-28(11-14-3-2-4-16(23)9-14)12-17(13)21-24-19-18(15-5-7-30-8-6-15)26-27-20(19)22(29)25-21/h2-4,9,13,15,17H,5-8,10-12H2,1H3,(H,26,27)(H,24,25,29). The summed E-state index contributed by atoms with van der Waals surface area (Å²) in [7, 11) is 0. The Bertz CT molecular complexity index is 1100. The van der Waals surface area contributed by atoms with Gasteiger partial charge >= 0.3 is 0 Å². The average Bonchev–Trinajstić information content (AvgIpc) is 3.32. The molecule has 0 aliphatic carbocycles. The average molecular weight is 411 g/mol. The number of aromatic nitrogens is 4. The summed E-state index contributed by atoms with van der Waals surface area (Å²) >= 11 is 0. The number of ether oxygens (including phenoxy) is 1. The zero-order chi connectivity index (χ0) is 20.7. The summed E-state index contributed by atoms with van der Waals surface area (Å²) in [5.74, 6) is 1.24. The maximum atomic E-state index is 13.5. The molecule has 2 saturated heterocycles. The van der Waals surface area contributed by atoms with Crippen molar-refractivity contribution in [2.24, 2.45) is 5.92 Å². The fraction of sp³-hybridized carbons (Fsp3) is 0.500. The van der Waals surface area contributed by atoms with Crippen molar-refractivity contribution in [3.05, 3.63) is 57.5 Å². The molecular formula is C22H26FN5O2. The second-order valence-electron chi connectivity index (χ2n) is 8.58. The minimum absolute atomic E-state index is 0.119. The number of rotatable bonds is 4. The summed E-state index contributed by atoms with van der Waals surface area (Å²) in [6, 6.07) is 6.73. The number of hydrogen-bond donors (Lipinski definition) is 2. The summed E-state index contributed by atoms with van der Waals surface area (Å²) < 4.78 is 19.0. The van der Waals surface area contributed by atoms with Gasteiger partial charge in [0.15, 0.2) is 5.52 Å². The van der Waals surface area contributed by atoms with Gasteiger partial charge in [-0.1, -0.05) is 19.1 Å². The van der Waals surface area contributed by atoms with Crippen LogP contribution >= 0.6 is 0 Å². The van der Waals surface area contributed by atoms with Crippen molar-refractivity contribution >= 4 is 11.0 Å². The fourth-order valence-corrected chi connectivity index (χ4v) is 4.84. The van der Waals surface area contributed by atoms with Crippen molar-refractivity contribution in [1.29, 1.82) is 0 Å². The van der Waals surface area contributed by atoms with E-state index in [9.17, 15) is 9.18 Å². The maximum absolute atomic E-state index is 13.5. The SMILES string of the molecule is CC1CN(Cc2cccc(F)c2)CC1c1nc2c(C3CCOCC3)[nH]nc2c(=O)[nH]1. The number of H-pyrrole nitrogens is 2. The Labute approximate surface area is 173 Å². The Balaban J connectivity index is 1.42. The first-order chi connectivity index (χ1) is 14.6. The molecule has 0 spiro atoms. The van der Waals surface area contributed by atoms with E-state index in [1.54, 1.807) is 12.1 Å². The third-order valence-electron chi connectivity index (χ3n) is 6.42. The van der Waals surface area contributed by atoms with Crippen LogP contribution in [0.2, 0.25) is 0 Å². The summed E-state index contributed by atoms with van der Waals surface area (Å²) in [4.78, 5) is 22.9. The Hall–Kier alpha value is -2.58. The van der Waals surface area contributed by atoms with E-state index >= 15 is 0 Å². The molecule has 0 saturated carbocycles. The largest absolute Gasteiger partial charge is 0.381 e. The van der Waals surface area contributed by atoms with E-state index in [-0.39, 0.29) is 23.2 Å². The van der Waals surface area contributed by atoms with E-state index in [1.807, 2.05) is 6.07 Å². The van der Waals surface area contributed by atoms with Crippen LogP contribution in [0.25, 0.3) is 11.0 Å². The Kier molecular flexibility index (Phi) is 5.12. The zero-order valence-corrected chi connectivity index (χ0v) is 17.0. The van der Waals surface area contributed by atoms with Gasteiger partial charge in [-0.15, -0.1) is 0 Å². The lowest BCUT2D eigenvalue weighted by Crippen LogP contribution is -2.21. The third-order valence-corrected chi connectivity index (χ3v) is 6.42. The highest BCUT2D eigenvalue weighted by atomic mass is 19.1. The van der Waals surface area contributed by atoms with Gasteiger partial charge in [0.05, 0.1) is 5.69 Å².